The number of likely N-dealkylation sites (tertiary alicyclic amines) is 1. The molecule has 0 spiro atoms. The van der Waals surface area contributed by atoms with Gasteiger partial charge in [0.05, 0.1) is 30.7 Å². The smallest absolute Gasteiger partial charge is 0.410 e. The van der Waals surface area contributed by atoms with Crippen LogP contribution in [0, 0.1) is 0 Å². The van der Waals surface area contributed by atoms with Crippen molar-refractivity contribution >= 4 is 17.1 Å². The summed E-state index contributed by atoms with van der Waals surface area (Å²) in [7, 11) is 1.66. The molecule has 1 amide bonds. The summed E-state index contributed by atoms with van der Waals surface area (Å²) in [6.45, 7) is 7.34. The van der Waals surface area contributed by atoms with Gasteiger partial charge in [0, 0.05) is 6.54 Å². The van der Waals surface area contributed by atoms with Gasteiger partial charge in [-0.15, -0.1) is 0 Å². The van der Waals surface area contributed by atoms with Crippen LogP contribution in [0.2, 0.25) is 0 Å². The molecule has 3 aromatic rings. The van der Waals surface area contributed by atoms with E-state index in [0.29, 0.717) is 25.7 Å². The van der Waals surface area contributed by atoms with Gasteiger partial charge >= 0.3 is 6.09 Å². The van der Waals surface area contributed by atoms with Crippen LogP contribution in [0.4, 0.5) is 4.79 Å². The number of imidazole rings is 1. The van der Waals surface area contributed by atoms with Gasteiger partial charge in [-0.3, -0.25) is 4.57 Å². The van der Waals surface area contributed by atoms with E-state index in [9.17, 15) is 4.79 Å². The molecule has 32 heavy (non-hydrogen) atoms. The van der Waals surface area contributed by atoms with Gasteiger partial charge in [-0.25, -0.2) is 4.79 Å². The number of rotatable bonds is 6. The van der Waals surface area contributed by atoms with E-state index in [0.717, 1.165) is 35.2 Å². The number of para-hydroxylation sites is 2. The van der Waals surface area contributed by atoms with E-state index in [4.69, 9.17) is 19.2 Å². The average Bonchev–Trinajstić information content (AvgIpc) is 3.36. The summed E-state index contributed by atoms with van der Waals surface area (Å²) in [5.74, 6) is 0.823. The molecule has 1 unspecified atom stereocenters. The maximum atomic E-state index is 12.6. The highest BCUT2D eigenvalue weighted by atomic mass is 16.6. The van der Waals surface area contributed by atoms with Crippen molar-refractivity contribution in [2.24, 2.45) is 0 Å². The number of amides is 1. The van der Waals surface area contributed by atoms with Crippen LogP contribution in [0.5, 0.6) is 11.8 Å². The molecule has 0 saturated carbocycles. The Labute approximate surface area is 188 Å². The molecule has 0 aliphatic carbocycles. The van der Waals surface area contributed by atoms with Gasteiger partial charge < -0.3 is 19.1 Å². The summed E-state index contributed by atoms with van der Waals surface area (Å²) in [6.07, 6.45) is 1.54. The first-order valence-corrected chi connectivity index (χ1v) is 11.0. The SMILES string of the molecule is COc1ccc(Cn2c(OCC3CCCN3C(=O)OC(C)(C)C)nc3ccccc32)cc1. The molecule has 7 heteroatoms. The molecule has 0 radical (unpaired) electrons. The minimum absolute atomic E-state index is 0.0286. The van der Waals surface area contributed by atoms with Crippen LogP contribution in [0.25, 0.3) is 11.0 Å². The monoisotopic (exact) mass is 437 g/mol. The number of methoxy groups -OCH3 is 1. The van der Waals surface area contributed by atoms with Gasteiger partial charge in [-0.05, 0) is 63.4 Å². The molecule has 1 aromatic heterocycles. The Morgan fingerprint density at radius 3 is 2.59 bits per heavy atom. The minimum Gasteiger partial charge on any atom is -0.497 e. The van der Waals surface area contributed by atoms with Crippen molar-refractivity contribution < 1.29 is 19.0 Å². The fraction of sp³-hybridized carbons (Fsp3) is 0.440. The number of carbonyl (C=O) groups excluding carboxylic acids is 1. The molecule has 4 rings (SSSR count). The van der Waals surface area contributed by atoms with Crippen LogP contribution in [0.15, 0.2) is 48.5 Å². The van der Waals surface area contributed by atoms with Gasteiger partial charge in [-0.2, -0.15) is 4.98 Å². The van der Waals surface area contributed by atoms with Crippen LogP contribution in [-0.4, -0.2) is 52.4 Å². The molecule has 0 bridgehead atoms. The third kappa shape index (κ3) is 4.98. The van der Waals surface area contributed by atoms with E-state index in [-0.39, 0.29) is 12.1 Å². The Morgan fingerprint density at radius 1 is 1.12 bits per heavy atom. The second kappa shape index (κ2) is 9.10. The fourth-order valence-electron chi connectivity index (χ4n) is 3.97. The summed E-state index contributed by atoms with van der Waals surface area (Å²) in [5.41, 5.74) is 2.49. The lowest BCUT2D eigenvalue weighted by Gasteiger charge is -2.28. The number of aromatic nitrogens is 2. The fourth-order valence-corrected chi connectivity index (χ4v) is 3.97. The van der Waals surface area contributed by atoms with Gasteiger partial charge in [0.1, 0.15) is 18.0 Å². The molecule has 1 saturated heterocycles. The molecule has 1 aliphatic rings. The molecule has 1 fully saturated rings. The number of hydrogen-bond donors (Lipinski definition) is 0. The lowest BCUT2D eigenvalue weighted by atomic mass is 10.2. The van der Waals surface area contributed by atoms with Crippen LogP contribution < -0.4 is 9.47 Å². The Balaban J connectivity index is 1.52. The second-order valence-electron chi connectivity index (χ2n) is 9.10. The van der Waals surface area contributed by atoms with E-state index < -0.39 is 5.60 Å². The number of fused-ring (bicyclic) bond motifs is 1. The topological polar surface area (TPSA) is 65.8 Å². The zero-order chi connectivity index (χ0) is 22.7. The van der Waals surface area contributed by atoms with Crippen LogP contribution >= 0.6 is 0 Å². The van der Waals surface area contributed by atoms with Crippen LogP contribution in [0.3, 0.4) is 0 Å². The van der Waals surface area contributed by atoms with Crippen molar-refractivity contribution in [3.63, 3.8) is 0 Å². The Kier molecular flexibility index (Phi) is 6.26. The molecule has 2 aromatic carbocycles. The predicted octanol–water partition coefficient (Wildman–Crippen LogP) is 4.87. The quantitative estimate of drug-likeness (QED) is 0.550. The van der Waals surface area contributed by atoms with Crippen molar-refractivity contribution in [1.29, 1.82) is 0 Å². The number of nitrogens with zero attached hydrogens (tertiary/aromatic N) is 3. The largest absolute Gasteiger partial charge is 0.497 e. The van der Waals surface area contributed by atoms with Crippen molar-refractivity contribution in [3.05, 3.63) is 54.1 Å². The maximum Gasteiger partial charge on any atom is 0.410 e. The molecule has 1 aliphatic heterocycles. The van der Waals surface area contributed by atoms with Crippen molar-refractivity contribution in [3.8, 4) is 11.8 Å². The molecule has 7 nitrogen and oxygen atoms in total. The van der Waals surface area contributed by atoms with Gasteiger partial charge in [0.15, 0.2) is 0 Å². The van der Waals surface area contributed by atoms with Crippen LogP contribution in [0.1, 0.15) is 39.2 Å². The van der Waals surface area contributed by atoms with E-state index in [2.05, 4.69) is 4.57 Å². The molecule has 0 N–H and O–H groups in total. The number of benzene rings is 2. The summed E-state index contributed by atoms with van der Waals surface area (Å²) >= 11 is 0. The predicted molar refractivity (Wildman–Crippen MR) is 123 cm³/mol. The highest BCUT2D eigenvalue weighted by molar-refractivity contribution is 5.76. The lowest BCUT2D eigenvalue weighted by Crippen LogP contribution is -2.42. The van der Waals surface area contributed by atoms with Crippen molar-refractivity contribution in [2.75, 3.05) is 20.3 Å². The Bertz CT molecular complexity index is 1070. The van der Waals surface area contributed by atoms with Gasteiger partial charge in [0.2, 0.25) is 0 Å². The van der Waals surface area contributed by atoms with Crippen molar-refractivity contribution in [1.82, 2.24) is 14.5 Å². The molecular weight excluding hydrogens is 406 g/mol. The first-order chi connectivity index (χ1) is 15.3. The molecular formula is C25H31N3O4. The number of ether oxygens (including phenoxy) is 3. The highest BCUT2D eigenvalue weighted by Crippen LogP contribution is 2.26. The molecule has 2 heterocycles. The molecule has 170 valence electrons. The zero-order valence-electron chi connectivity index (χ0n) is 19.2. The summed E-state index contributed by atoms with van der Waals surface area (Å²) < 4.78 is 19.1. The summed E-state index contributed by atoms with van der Waals surface area (Å²) in [5, 5.41) is 0. The zero-order valence-corrected chi connectivity index (χ0v) is 19.2. The highest BCUT2D eigenvalue weighted by Gasteiger charge is 2.33. The normalized spacial score (nSPS) is 16.4. The average molecular weight is 438 g/mol. The van der Waals surface area contributed by atoms with Gasteiger partial charge in [0.25, 0.3) is 6.01 Å². The van der Waals surface area contributed by atoms with E-state index in [1.54, 1.807) is 12.0 Å². The van der Waals surface area contributed by atoms with E-state index in [1.165, 1.54) is 0 Å². The number of hydrogen-bond acceptors (Lipinski definition) is 5. The maximum absolute atomic E-state index is 12.6. The summed E-state index contributed by atoms with van der Waals surface area (Å²) in [6, 6.07) is 16.5. The first kappa shape index (κ1) is 22.0. The summed E-state index contributed by atoms with van der Waals surface area (Å²) in [4.78, 5) is 19.1. The van der Waals surface area contributed by atoms with Crippen molar-refractivity contribution in [2.45, 2.75) is 51.8 Å². The number of carbonyl (C=O) groups is 1. The van der Waals surface area contributed by atoms with E-state index in [1.807, 2.05) is 69.3 Å². The minimum atomic E-state index is -0.516. The second-order valence-corrected chi connectivity index (χ2v) is 9.10. The standard InChI is InChI=1S/C25H31N3O4/c1-25(2,3)32-24(29)27-15-7-8-19(27)17-31-23-26-21-9-5-6-10-22(21)28(23)16-18-11-13-20(30-4)14-12-18/h5-6,9-14,19H,7-8,15-17H2,1-4H3. The van der Waals surface area contributed by atoms with E-state index >= 15 is 0 Å². The Morgan fingerprint density at radius 2 is 1.88 bits per heavy atom. The lowest BCUT2D eigenvalue weighted by molar-refractivity contribution is 0.0183. The Hall–Kier alpha value is -3.22. The van der Waals surface area contributed by atoms with Crippen LogP contribution in [-0.2, 0) is 11.3 Å². The molecule has 1 atom stereocenters. The van der Waals surface area contributed by atoms with Gasteiger partial charge in [-0.1, -0.05) is 24.3 Å². The third-order valence-corrected chi connectivity index (χ3v) is 5.53. The first-order valence-electron chi connectivity index (χ1n) is 11.0. The third-order valence-electron chi connectivity index (χ3n) is 5.53.